The van der Waals surface area contributed by atoms with Crippen LogP contribution in [0.5, 0.6) is 0 Å². The standard InChI is InChI=1S/C30H32F3N/c1-2-3-4-5-20-6-8-21(9-7-20)10-11-22-16-27(31)29(28(32)17-22)24-14-15-26-23(18-24)12-13-25(19-34)30(26)33/h12-18,20-21H,2-11H2,1H3. The van der Waals surface area contributed by atoms with Crippen LogP contribution in [-0.4, -0.2) is 0 Å². The van der Waals surface area contributed by atoms with E-state index in [1.54, 1.807) is 12.1 Å². The Bertz CT molecular complexity index is 1160. The Morgan fingerprint density at radius 1 is 0.853 bits per heavy atom. The predicted molar refractivity (Wildman–Crippen MR) is 132 cm³/mol. The first-order valence-electron chi connectivity index (χ1n) is 12.6. The van der Waals surface area contributed by atoms with E-state index in [0.717, 1.165) is 12.3 Å². The highest BCUT2D eigenvalue weighted by Gasteiger charge is 2.21. The van der Waals surface area contributed by atoms with Gasteiger partial charge in [0.2, 0.25) is 0 Å². The lowest BCUT2D eigenvalue weighted by molar-refractivity contribution is 0.249. The van der Waals surface area contributed by atoms with Crippen LogP contribution in [0, 0.1) is 40.6 Å². The maximum atomic E-state index is 15.0. The number of aryl methyl sites for hydroxylation is 1. The molecule has 0 bridgehead atoms. The first-order chi connectivity index (χ1) is 16.5. The van der Waals surface area contributed by atoms with Crippen LogP contribution in [0.4, 0.5) is 13.2 Å². The second-order valence-electron chi connectivity index (χ2n) is 9.83. The molecule has 3 aromatic rings. The van der Waals surface area contributed by atoms with Crippen molar-refractivity contribution in [1.29, 1.82) is 5.26 Å². The molecule has 0 saturated heterocycles. The molecule has 1 fully saturated rings. The number of hydrogen-bond donors (Lipinski definition) is 0. The highest BCUT2D eigenvalue weighted by atomic mass is 19.1. The summed E-state index contributed by atoms with van der Waals surface area (Å²) in [6.07, 6.45) is 11.9. The lowest BCUT2D eigenvalue weighted by Gasteiger charge is -2.28. The minimum absolute atomic E-state index is 0.0491. The largest absolute Gasteiger partial charge is 0.206 e. The molecule has 0 spiro atoms. The van der Waals surface area contributed by atoms with Gasteiger partial charge in [0.25, 0.3) is 0 Å². The molecule has 0 amide bonds. The molecule has 0 radical (unpaired) electrons. The molecule has 1 aliphatic carbocycles. The van der Waals surface area contributed by atoms with Gasteiger partial charge in [-0.1, -0.05) is 76.5 Å². The number of benzene rings is 3. The van der Waals surface area contributed by atoms with Crippen LogP contribution in [0.2, 0.25) is 0 Å². The summed E-state index contributed by atoms with van der Waals surface area (Å²) in [7, 11) is 0. The van der Waals surface area contributed by atoms with Gasteiger partial charge in [-0.2, -0.15) is 5.26 Å². The van der Waals surface area contributed by atoms with E-state index in [9.17, 15) is 4.39 Å². The normalized spacial score (nSPS) is 18.2. The number of rotatable bonds is 8. The van der Waals surface area contributed by atoms with E-state index in [1.165, 1.54) is 81.7 Å². The molecule has 0 N–H and O–H groups in total. The Labute approximate surface area is 200 Å². The van der Waals surface area contributed by atoms with Gasteiger partial charge in [0.15, 0.2) is 0 Å². The molecule has 0 unspecified atom stereocenters. The molecule has 0 aromatic heterocycles. The summed E-state index contributed by atoms with van der Waals surface area (Å²) >= 11 is 0. The monoisotopic (exact) mass is 463 g/mol. The number of unbranched alkanes of at least 4 members (excludes halogenated alkanes) is 2. The molecule has 3 aromatic carbocycles. The molecule has 4 heteroatoms. The maximum absolute atomic E-state index is 15.0. The van der Waals surface area contributed by atoms with Crippen LogP contribution in [0.25, 0.3) is 21.9 Å². The van der Waals surface area contributed by atoms with Crippen molar-refractivity contribution in [1.82, 2.24) is 0 Å². The van der Waals surface area contributed by atoms with Gasteiger partial charge in [0.05, 0.1) is 11.1 Å². The fourth-order valence-corrected chi connectivity index (χ4v) is 5.44. The van der Waals surface area contributed by atoms with Gasteiger partial charge in [-0.15, -0.1) is 0 Å². The fourth-order valence-electron chi connectivity index (χ4n) is 5.44. The third-order valence-electron chi connectivity index (χ3n) is 7.49. The number of nitriles is 1. The van der Waals surface area contributed by atoms with E-state index < -0.39 is 17.5 Å². The first kappa shape index (κ1) is 24.3. The van der Waals surface area contributed by atoms with E-state index in [-0.39, 0.29) is 16.5 Å². The van der Waals surface area contributed by atoms with Crippen LogP contribution in [0.15, 0.2) is 42.5 Å². The lowest BCUT2D eigenvalue weighted by Crippen LogP contribution is -2.15. The highest BCUT2D eigenvalue weighted by molar-refractivity contribution is 5.89. The van der Waals surface area contributed by atoms with Crippen molar-refractivity contribution in [2.45, 2.75) is 71.1 Å². The van der Waals surface area contributed by atoms with Crippen molar-refractivity contribution < 1.29 is 13.2 Å². The summed E-state index contributed by atoms with van der Waals surface area (Å²) in [4.78, 5) is 0. The second-order valence-corrected chi connectivity index (χ2v) is 9.83. The van der Waals surface area contributed by atoms with Crippen molar-refractivity contribution in [3.8, 4) is 17.2 Å². The van der Waals surface area contributed by atoms with Gasteiger partial charge < -0.3 is 0 Å². The molecular formula is C30H32F3N. The van der Waals surface area contributed by atoms with Gasteiger partial charge in [0, 0.05) is 5.39 Å². The van der Waals surface area contributed by atoms with Gasteiger partial charge in [-0.05, 0) is 65.5 Å². The Morgan fingerprint density at radius 2 is 1.53 bits per heavy atom. The zero-order chi connectivity index (χ0) is 24.1. The third-order valence-corrected chi connectivity index (χ3v) is 7.49. The Balaban J connectivity index is 1.42. The van der Waals surface area contributed by atoms with Gasteiger partial charge in [-0.25, -0.2) is 13.2 Å². The third kappa shape index (κ3) is 5.46. The number of nitrogens with zero attached hydrogens (tertiary/aromatic N) is 1. The molecule has 1 saturated carbocycles. The van der Waals surface area contributed by atoms with Crippen LogP contribution in [-0.2, 0) is 6.42 Å². The predicted octanol–water partition coefficient (Wildman–Crippen LogP) is 9.12. The molecule has 0 heterocycles. The zero-order valence-corrected chi connectivity index (χ0v) is 19.8. The average Bonchev–Trinajstić information content (AvgIpc) is 2.83. The number of halogens is 3. The smallest absolute Gasteiger partial charge is 0.148 e. The summed E-state index contributed by atoms with van der Waals surface area (Å²) in [6, 6.07) is 12.2. The van der Waals surface area contributed by atoms with E-state index >= 15 is 8.78 Å². The number of hydrogen-bond acceptors (Lipinski definition) is 1. The lowest BCUT2D eigenvalue weighted by atomic mass is 9.77. The maximum Gasteiger partial charge on any atom is 0.148 e. The molecule has 1 aliphatic rings. The highest BCUT2D eigenvalue weighted by Crippen LogP contribution is 2.35. The summed E-state index contributed by atoms with van der Waals surface area (Å²) in [5.41, 5.74) is 0.906. The minimum Gasteiger partial charge on any atom is -0.206 e. The van der Waals surface area contributed by atoms with E-state index in [4.69, 9.17) is 5.26 Å². The van der Waals surface area contributed by atoms with Crippen molar-refractivity contribution in [3.63, 3.8) is 0 Å². The average molecular weight is 464 g/mol. The van der Waals surface area contributed by atoms with E-state index in [1.807, 2.05) is 6.07 Å². The zero-order valence-electron chi connectivity index (χ0n) is 19.8. The van der Waals surface area contributed by atoms with Crippen molar-refractivity contribution in [2.75, 3.05) is 0 Å². The SMILES string of the molecule is CCCCCC1CCC(CCc2cc(F)c(-c3ccc4c(F)c(C#N)ccc4c3)c(F)c2)CC1. The minimum atomic E-state index is -0.613. The molecule has 0 aliphatic heterocycles. The van der Waals surface area contributed by atoms with Gasteiger partial charge in [0.1, 0.15) is 23.5 Å². The fraction of sp³-hybridized carbons (Fsp3) is 0.433. The molecule has 34 heavy (non-hydrogen) atoms. The van der Waals surface area contributed by atoms with Crippen LogP contribution >= 0.6 is 0 Å². The molecular weight excluding hydrogens is 431 g/mol. The van der Waals surface area contributed by atoms with Crippen LogP contribution in [0.3, 0.4) is 0 Å². The molecule has 0 atom stereocenters. The van der Waals surface area contributed by atoms with Crippen molar-refractivity contribution >= 4 is 10.8 Å². The molecule has 1 nitrogen and oxygen atoms in total. The second kappa shape index (κ2) is 11.1. The quantitative estimate of drug-likeness (QED) is 0.306. The Morgan fingerprint density at radius 3 is 2.18 bits per heavy atom. The molecule has 4 rings (SSSR count). The Kier molecular flexibility index (Phi) is 7.93. The van der Waals surface area contributed by atoms with Crippen molar-refractivity contribution in [2.24, 2.45) is 11.8 Å². The summed E-state index contributed by atoms with van der Waals surface area (Å²) in [6.45, 7) is 2.24. The molecule has 178 valence electrons. The summed E-state index contributed by atoms with van der Waals surface area (Å²) in [5, 5.41) is 9.76. The van der Waals surface area contributed by atoms with Crippen molar-refractivity contribution in [3.05, 3.63) is 71.0 Å². The summed E-state index contributed by atoms with van der Waals surface area (Å²) < 4.78 is 44.4. The van der Waals surface area contributed by atoms with E-state index in [0.29, 0.717) is 28.9 Å². The first-order valence-corrected chi connectivity index (χ1v) is 12.6. The topological polar surface area (TPSA) is 23.8 Å². The van der Waals surface area contributed by atoms with E-state index in [2.05, 4.69) is 6.92 Å². The van der Waals surface area contributed by atoms with Crippen LogP contribution < -0.4 is 0 Å². The van der Waals surface area contributed by atoms with Gasteiger partial charge >= 0.3 is 0 Å². The van der Waals surface area contributed by atoms with Gasteiger partial charge in [-0.3, -0.25) is 0 Å². The Hall–Kier alpha value is -2.80. The summed E-state index contributed by atoms with van der Waals surface area (Å²) in [5.74, 6) is -0.301. The van der Waals surface area contributed by atoms with Crippen LogP contribution in [0.1, 0.15) is 75.8 Å². The number of fused-ring (bicyclic) bond motifs is 1.